The number of nitrogens with zero attached hydrogens (tertiary/aromatic N) is 4. The summed E-state index contributed by atoms with van der Waals surface area (Å²) in [6, 6.07) is 12.3. The second kappa shape index (κ2) is 10.8. The fourth-order valence-corrected chi connectivity index (χ4v) is 6.15. The Labute approximate surface area is 207 Å². The third kappa shape index (κ3) is 5.70. The Morgan fingerprint density at radius 2 is 1.91 bits per heavy atom. The van der Waals surface area contributed by atoms with E-state index in [0.29, 0.717) is 18.8 Å². The third-order valence-corrected chi connectivity index (χ3v) is 8.37. The van der Waals surface area contributed by atoms with Gasteiger partial charge in [0.1, 0.15) is 16.7 Å². The van der Waals surface area contributed by atoms with E-state index in [1.54, 1.807) is 49.9 Å². The SMILES string of the molecule is C[C@@H]1CN([C@@H](C)CO)S(=O)(=O)c2ccc(-c3cccnc3)cc2O[C@@H]1CN(C)Cc1ccncc1. The lowest BCUT2D eigenvalue weighted by atomic mass is 10.0. The number of rotatable bonds is 7. The molecule has 0 saturated carbocycles. The molecular weight excluding hydrogens is 464 g/mol. The summed E-state index contributed by atoms with van der Waals surface area (Å²) < 4.78 is 35.2. The highest BCUT2D eigenvalue weighted by atomic mass is 32.2. The van der Waals surface area contributed by atoms with Crippen molar-refractivity contribution in [3.05, 3.63) is 72.8 Å². The molecule has 0 fully saturated rings. The molecule has 9 heteroatoms. The van der Waals surface area contributed by atoms with E-state index in [4.69, 9.17) is 4.74 Å². The summed E-state index contributed by atoms with van der Waals surface area (Å²) >= 11 is 0. The van der Waals surface area contributed by atoms with Gasteiger partial charge in [0.25, 0.3) is 0 Å². The lowest BCUT2D eigenvalue weighted by Crippen LogP contribution is -2.49. The fourth-order valence-electron chi connectivity index (χ4n) is 4.33. The maximum absolute atomic E-state index is 13.6. The molecule has 4 rings (SSSR count). The zero-order valence-corrected chi connectivity index (χ0v) is 21.1. The van der Waals surface area contributed by atoms with E-state index in [1.165, 1.54) is 4.31 Å². The maximum Gasteiger partial charge on any atom is 0.247 e. The molecule has 3 heterocycles. The Morgan fingerprint density at radius 3 is 2.60 bits per heavy atom. The summed E-state index contributed by atoms with van der Waals surface area (Å²) in [6.07, 6.45) is 6.71. The van der Waals surface area contributed by atoms with Crippen molar-refractivity contribution < 1.29 is 18.3 Å². The van der Waals surface area contributed by atoms with Crippen molar-refractivity contribution >= 4 is 10.0 Å². The predicted molar refractivity (Wildman–Crippen MR) is 134 cm³/mol. The Hall–Kier alpha value is -2.85. The van der Waals surface area contributed by atoms with Crippen molar-refractivity contribution in [2.75, 3.05) is 26.7 Å². The number of aliphatic hydroxyl groups is 1. The van der Waals surface area contributed by atoms with E-state index in [2.05, 4.69) is 14.9 Å². The number of ether oxygens (including phenoxy) is 1. The molecule has 1 aliphatic rings. The van der Waals surface area contributed by atoms with E-state index >= 15 is 0 Å². The van der Waals surface area contributed by atoms with Gasteiger partial charge in [0.15, 0.2) is 0 Å². The monoisotopic (exact) mass is 496 g/mol. The fraction of sp³-hybridized carbons (Fsp3) is 0.385. The molecule has 2 aromatic heterocycles. The van der Waals surface area contributed by atoms with Crippen LogP contribution in [0.25, 0.3) is 11.1 Å². The molecule has 0 bridgehead atoms. The molecule has 1 aromatic carbocycles. The Bertz CT molecular complexity index is 1220. The number of sulfonamides is 1. The Balaban J connectivity index is 1.72. The van der Waals surface area contributed by atoms with Gasteiger partial charge in [-0.1, -0.05) is 19.1 Å². The predicted octanol–water partition coefficient (Wildman–Crippen LogP) is 3.04. The van der Waals surface area contributed by atoms with Gasteiger partial charge in [-0.2, -0.15) is 4.31 Å². The molecule has 186 valence electrons. The molecule has 0 saturated heterocycles. The standard InChI is InChI=1S/C26H32N4O4S/c1-19-15-30(20(2)18-31)35(32,33)26-7-6-22(23-5-4-10-28-14-23)13-24(26)34-25(19)17-29(3)16-21-8-11-27-12-9-21/h4-14,19-20,25,31H,15-18H2,1-3H3/t19-,20+,25-/m1/s1. The van der Waals surface area contributed by atoms with Crippen molar-refractivity contribution in [3.8, 4) is 16.9 Å². The summed E-state index contributed by atoms with van der Waals surface area (Å²) in [6.45, 7) is 5.02. The Kier molecular flexibility index (Phi) is 7.81. The van der Waals surface area contributed by atoms with Gasteiger partial charge in [-0.25, -0.2) is 8.42 Å². The minimum absolute atomic E-state index is 0.110. The molecule has 0 spiro atoms. The van der Waals surface area contributed by atoms with Crippen LogP contribution >= 0.6 is 0 Å². The van der Waals surface area contributed by atoms with Crippen LogP contribution < -0.4 is 4.74 Å². The topological polar surface area (TPSA) is 95.9 Å². The van der Waals surface area contributed by atoms with Gasteiger partial charge in [0.2, 0.25) is 10.0 Å². The van der Waals surface area contributed by atoms with Gasteiger partial charge in [-0.15, -0.1) is 0 Å². The van der Waals surface area contributed by atoms with E-state index in [-0.39, 0.29) is 30.1 Å². The van der Waals surface area contributed by atoms with Crippen LogP contribution in [-0.2, 0) is 16.6 Å². The van der Waals surface area contributed by atoms with Gasteiger partial charge in [-0.05, 0) is 55.4 Å². The first kappa shape index (κ1) is 25.2. The van der Waals surface area contributed by atoms with E-state index in [0.717, 1.165) is 16.7 Å². The van der Waals surface area contributed by atoms with Crippen LogP contribution in [0.1, 0.15) is 19.4 Å². The van der Waals surface area contributed by atoms with Crippen LogP contribution in [0.3, 0.4) is 0 Å². The lowest BCUT2D eigenvalue weighted by molar-refractivity contribution is 0.0734. The van der Waals surface area contributed by atoms with Gasteiger partial charge >= 0.3 is 0 Å². The van der Waals surface area contributed by atoms with Crippen molar-refractivity contribution in [2.45, 2.75) is 37.4 Å². The minimum atomic E-state index is -3.87. The van der Waals surface area contributed by atoms with Crippen LogP contribution in [0, 0.1) is 5.92 Å². The first-order chi connectivity index (χ1) is 16.8. The summed E-state index contributed by atoms with van der Waals surface area (Å²) in [5, 5.41) is 9.83. The zero-order valence-electron chi connectivity index (χ0n) is 20.3. The van der Waals surface area contributed by atoms with Crippen molar-refractivity contribution in [2.24, 2.45) is 5.92 Å². The highest BCUT2D eigenvalue weighted by Gasteiger charge is 2.38. The first-order valence-electron chi connectivity index (χ1n) is 11.7. The maximum atomic E-state index is 13.6. The van der Waals surface area contributed by atoms with Gasteiger partial charge < -0.3 is 9.84 Å². The minimum Gasteiger partial charge on any atom is -0.487 e. The number of aliphatic hydroxyl groups excluding tert-OH is 1. The molecule has 0 amide bonds. The van der Waals surface area contributed by atoms with Gasteiger partial charge in [0, 0.05) is 61.9 Å². The van der Waals surface area contributed by atoms with E-state index in [9.17, 15) is 13.5 Å². The third-order valence-electron chi connectivity index (χ3n) is 6.36. The van der Waals surface area contributed by atoms with Crippen LogP contribution in [0.2, 0.25) is 0 Å². The van der Waals surface area contributed by atoms with E-state index in [1.807, 2.05) is 38.2 Å². The summed E-state index contributed by atoms with van der Waals surface area (Å²) in [4.78, 5) is 10.5. The molecule has 1 N–H and O–H groups in total. The van der Waals surface area contributed by atoms with E-state index < -0.39 is 16.1 Å². The number of hydrogen-bond donors (Lipinski definition) is 1. The van der Waals surface area contributed by atoms with Crippen LogP contribution in [0.5, 0.6) is 5.75 Å². The summed E-state index contributed by atoms with van der Waals surface area (Å²) in [5.74, 6) is 0.198. The summed E-state index contributed by atoms with van der Waals surface area (Å²) in [7, 11) is -1.85. The number of benzene rings is 1. The van der Waals surface area contributed by atoms with Gasteiger partial charge in [-0.3, -0.25) is 14.9 Å². The zero-order chi connectivity index (χ0) is 25.0. The molecule has 35 heavy (non-hydrogen) atoms. The quantitative estimate of drug-likeness (QED) is 0.537. The molecule has 0 aliphatic carbocycles. The molecule has 0 radical (unpaired) electrons. The van der Waals surface area contributed by atoms with Crippen molar-refractivity contribution in [3.63, 3.8) is 0 Å². The highest BCUT2D eigenvalue weighted by Crippen LogP contribution is 2.36. The second-order valence-corrected chi connectivity index (χ2v) is 11.1. The average molecular weight is 497 g/mol. The Morgan fingerprint density at radius 1 is 1.14 bits per heavy atom. The smallest absolute Gasteiger partial charge is 0.247 e. The molecule has 8 nitrogen and oxygen atoms in total. The van der Waals surface area contributed by atoms with Crippen LogP contribution in [-0.4, -0.2) is 71.6 Å². The van der Waals surface area contributed by atoms with Gasteiger partial charge in [0.05, 0.1) is 6.61 Å². The van der Waals surface area contributed by atoms with Crippen molar-refractivity contribution in [1.82, 2.24) is 19.2 Å². The number of aromatic nitrogens is 2. The van der Waals surface area contributed by atoms with Crippen LogP contribution in [0.15, 0.2) is 72.1 Å². The number of pyridine rings is 2. The molecular formula is C26H32N4O4S. The first-order valence-corrected chi connectivity index (χ1v) is 13.1. The number of hydrogen-bond acceptors (Lipinski definition) is 7. The number of likely N-dealkylation sites (N-methyl/N-ethyl adjacent to an activating group) is 1. The van der Waals surface area contributed by atoms with Crippen molar-refractivity contribution in [1.29, 1.82) is 0 Å². The second-order valence-electron chi connectivity index (χ2n) is 9.20. The largest absolute Gasteiger partial charge is 0.487 e. The molecule has 1 aliphatic heterocycles. The molecule has 3 aromatic rings. The average Bonchev–Trinajstić information content (AvgIpc) is 2.86. The van der Waals surface area contributed by atoms with Crippen LogP contribution in [0.4, 0.5) is 0 Å². The molecule has 3 atom stereocenters. The lowest BCUT2D eigenvalue weighted by Gasteiger charge is -2.37. The highest BCUT2D eigenvalue weighted by molar-refractivity contribution is 7.89. The number of fused-ring (bicyclic) bond motifs is 1. The molecule has 0 unspecified atom stereocenters. The summed E-state index contributed by atoms with van der Waals surface area (Å²) in [5.41, 5.74) is 2.84. The normalized spacial score (nSPS) is 20.9.